The van der Waals surface area contributed by atoms with Gasteiger partial charge in [-0.2, -0.15) is 0 Å². The Hall–Kier alpha value is -2.43. The smallest absolute Gasteiger partial charge is 0.313 e. The Morgan fingerprint density at radius 2 is 1.62 bits per heavy atom. The van der Waals surface area contributed by atoms with Gasteiger partial charge in [0.2, 0.25) is 0 Å². The number of fused-ring (bicyclic) bond motifs is 2. The molecule has 1 unspecified atom stereocenters. The third-order valence-electron chi connectivity index (χ3n) is 5.37. The van der Waals surface area contributed by atoms with E-state index >= 15 is 0 Å². The van der Waals surface area contributed by atoms with Crippen LogP contribution in [0.1, 0.15) is 32.3 Å². The van der Waals surface area contributed by atoms with Crippen molar-refractivity contribution < 1.29 is 9.53 Å². The van der Waals surface area contributed by atoms with Gasteiger partial charge in [0.1, 0.15) is 6.61 Å². The highest BCUT2D eigenvalue weighted by molar-refractivity contribution is 5.94. The lowest BCUT2D eigenvalue weighted by Crippen LogP contribution is -2.28. The van der Waals surface area contributed by atoms with Gasteiger partial charge in [-0.15, -0.1) is 12.4 Å². The molecule has 3 aromatic rings. The summed E-state index contributed by atoms with van der Waals surface area (Å²) in [7, 11) is 0. The highest BCUT2D eigenvalue weighted by atomic mass is 35.5. The predicted molar refractivity (Wildman–Crippen MR) is 122 cm³/mol. The lowest BCUT2D eigenvalue weighted by atomic mass is 9.98. The van der Waals surface area contributed by atoms with Crippen molar-refractivity contribution in [3.05, 3.63) is 70.4 Å². The number of carbonyl (C=O) groups is 1. The molecule has 4 nitrogen and oxygen atoms in total. The third-order valence-corrected chi connectivity index (χ3v) is 5.37. The summed E-state index contributed by atoms with van der Waals surface area (Å²) in [5.41, 5.74) is 0.867. The highest BCUT2D eigenvalue weighted by Crippen LogP contribution is 2.22. The van der Waals surface area contributed by atoms with Gasteiger partial charge in [-0.1, -0.05) is 68.4 Å². The van der Waals surface area contributed by atoms with Crippen molar-refractivity contribution >= 4 is 39.9 Å². The first kappa shape index (κ1) is 22.9. The molecule has 29 heavy (non-hydrogen) atoms. The Balaban J connectivity index is 0.00000300. The van der Waals surface area contributed by atoms with E-state index in [1.165, 1.54) is 0 Å². The van der Waals surface area contributed by atoms with Crippen LogP contribution in [0.2, 0.25) is 0 Å². The molecule has 5 heteroatoms. The number of carbonyl (C=O) groups excluding carboxylic acids is 1. The number of likely N-dealkylation sites (N-methyl/N-ethyl adjacent to an activating group) is 1. The van der Waals surface area contributed by atoms with Crippen LogP contribution in [0, 0.1) is 0 Å². The van der Waals surface area contributed by atoms with Crippen LogP contribution in [-0.4, -0.2) is 37.1 Å². The number of halogens is 1. The molecule has 0 N–H and O–H groups in total. The normalized spacial score (nSPS) is 12.0. The molecular formula is C24H28ClNO3. The standard InChI is InChI=1S/C24H27NO3.ClH/c1-4-25(5-2)14-15-28-24(27)17(3)19-12-13-22-20(16-19)11-10-18-8-6-7-9-21(18)23(22)26;/h6-13,16-17H,4-5,14-15H2,1-3H3;1H. The van der Waals surface area contributed by atoms with E-state index in [-0.39, 0.29) is 29.7 Å². The zero-order chi connectivity index (χ0) is 20.1. The highest BCUT2D eigenvalue weighted by Gasteiger charge is 2.17. The lowest BCUT2D eigenvalue weighted by molar-refractivity contribution is -0.145. The molecule has 0 bridgehead atoms. The summed E-state index contributed by atoms with van der Waals surface area (Å²) in [6, 6.07) is 17.1. The summed E-state index contributed by atoms with van der Waals surface area (Å²) in [6.07, 6.45) is 0. The van der Waals surface area contributed by atoms with Gasteiger partial charge in [-0.05, 0) is 36.3 Å². The van der Waals surface area contributed by atoms with Crippen molar-refractivity contribution in [3.63, 3.8) is 0 Å². The Bertz CT molecular complexity index is 1050. The number of benzene rings is 2. The van der Waals surface area contributed by atoms with Crippen molar-refractivity contribution in [1.82, 2.24) is 4.90 Å². The van der Waals surface area contributed by atoms with E-state index < -0.39 is 0 Å². The van der Waals surface area contributed by atoms with Crippen LogP contribution < -0.4 is 5.43 Å². The van der Waals surface area contributed by atoms with Crippen molar-refractivity contribution in [2.75, 3.05) is 26.2 Å². The Labute approximate surface area is 177 Å². The Morgan fingerprint density at radius 1 is 0.966 bits per heavy atom. The maximum atomic E-state index is 12.9. The van der Waals surface area contributed by atoms with Crippen LogP contribution >= 0.6 is 12.4 Å². The van der Waals surface area contributed by atoms with E-state index in [0.717, 1.165) is 36.0 Å². The first-order chi connectivity index (χ1) is 13.5. The monoisotopic (exact) mass is 413 g/mol. The Morgan fingerprint density at radius 3 is 2.34 bits per heavy atom. The first-order valence-corrected chi connectivity index (χ1v) is 9.89. The third kappa shape index (κ3) is 5.14. The molecule has 1 atom stereocenters. The molecule has 0 spiro atoms. The SMILES string of the molecule is CCN(CC)CCOC(=O)C(C)c1ccc2c(=O)c3ccccc3ccc2c1.Cl. The average Bonchev–Trinajstić information content (AvgIpc) is 2.87. The molecule has 0 fully saturated rings. The minimum absolute atomic E-state index is 0. The second-order valence-corrected chi connectivity index (χ2v) is 7.01. The molecule has 0 saturated heterocycles. The maximum absolute atomic E-state index is 12.9. The van der Waals surface area contributed by atoms with Crippen LogP contribution in [0.5, 0.6) is 0 Å². The van der Waals surface area contributed by atoms with E-state index in [2.05, 4.69) is 18.7 Å². The Kier molecular flexibility index (Phi) is 8.18. The lowest BCUT2D eigenvalue weighted by Gasteiger charge is -2.18. The molecule has 0 radical (unpaired) electrons. The average molecular weight is 414 g/mol. The van der Waals surface area contributed by atoms with Gasteiger partial charge in [-0.3, -0.25) is 9.59 Å². The first-order valence-electron chi connectivity index (χ1n) is 9.89. The van der Waals surface area contributed by atoms with Crippen molar-refractivity contribution in [3.8, 4) is 0 Å². The molecule has 0 aliphatic heterocycles. The molecule has 0 heterocycles. The molecule has 0 aliphatic carbocycles. The fraction of sp³-hybridized carbons (Fsp3) is 0.333. The summed E-state index contributed by atoms with van der Waals surface area (Å²) in [5.74, 6) is -0.615. The maximum Gasteiger partial charge on any atom is 0.313 e. The van der Waals surface area contributed by atoms with Gasteiger partial charge < -0.3 is 9.64 Å². The largest absolute Gasteiger partial charge is 0.464 e. The molecule has 3 rings (SSSR count). The van der Waals surface area contributed by atoms with Gasteiger partial charge in [0.15, 0.2) is 5.43 Å². The fourth-order valence-corrected chi connectivity index (χ4v) is 3.45. The minimum atomic E-state index is -0.379. The van der Waals surface area contributed by atoms with Crippen LogP contribution in [0.25, 0.3) is 21.5 Å². The zero-order valence-electron chi connectivity index (χ0n) is 17.2. The number of ether oxygens (including phenoxy) is 1. The second-order valence-electron chi connectivity index (χ2n) is 7.01. The van der Waals surface area contributed by atoms with Gasteiger partial charge in [0, 0.05) is 17.3 Å². The minimum Gasteiger partial charge on any atom is -0.464 e. The number of hydrogen-bond acceptors (Lipinski definition) is 4. The van der Waals surface area contributed by atoms with E-state index in [1.807, 2.05) is 61.5 Å². The number of nitrogens with zero attached hydrogens (tertiary/aromatic N) is 1. The molecule has 0 aliphatic rings. The summed E-state index contributed by atoms with van der Waals surface area (Å²) in [5, 5.41) is 3.11. The van der Waals surface area contributed by atoms with Gasteiger partial charge in [0.05, 0.1) is 5.92 Å². The summed E-state index contributed by atoms with van der Waals surface area (Å²) < 4.78 is 5.47. The quantitative estimate of drug-likeness (QED) is 0.524. The number of esters is 1. The van der Waals surface area contributed by atoms with Gasteiger partial charge >= 0.3 is 5.97 Å². The van der Waals surface area contributed by atoms with E-state index in [0.29, 0.717) is 17.4 Å². The van der Waals surface area contributed by atoms with Gasteiger partial charge in [-0.25, -0.2) is 0 Å². The van der Waals surface area contributed by atoms with Crippen molar-refractivity contribution in [2.24, 2.45) is 0 Å². The molecule has 0 saturated carbocycles. The summed E-state index contributed by atoms with van der Waals surface area (Å²) >= 11 is 0. The van der Waals surface area contributed by atoms with Crippen molar-refractivity contribution in [1.29, 1.82) is 0 Å². The van der Waals surface area contributed by atoms with Crippen LogP contribution in [0.3, 0.4) is 0 Å². The zero-order valence-corrected chi connectivity index (χ0v) is 18.0. The second kappa shape index (κ2) is 10.4. The molecule has 0 amide bonds. The van der Waals surface area contributed by atoms with Crippen LogP contribution in [0.15, 0.2) is 59.4 Å². The fourth-order valence-electron chi connectivity index (χ4n) is 3.45. The molecule has 0 aromatic heterocycles. The topological polar surface area (TPSA) is 46.6 Å². The molecular weight excluding hydrogens is 386 g/mol. The predicted octanol–water partition coefficient (Wildman–Crippen LogP) is 4.76. The summed E-state index contributed by atoms with van der Waals surface area (Å²) in [6.45, 7) is 9.05. The van der Waals surface area contributed by atoms with E-state index in [9.17, 15) is 9.59 Å². The van der Waals surface area contributed by atoms with Crippen LogP contribution in [0.4, 0.5) is 0 Å². The molecule has 154 valence electrons. The summed E-state index contributed by atoms with van der Waals surface area (Å²) in [4.78, 5) is 27.5. The number of rotatable bonds is 7. The van der Waals surface area contributed by atoms with E-state index in [4.69, 9.17) is 4.74 Å². The van der Waals surface area contributed by atoms with Crippen LogP contribution in [-0.2, 0) is 9.53 Å². The molecule has 3 aromatic carbocycles. The van der Waals surface area contributed by atoms with Crippen molar-refractivity contribution in [2.45, 2.75) is 26.7 Å². The number of hydrogen-bond donors (Lipinski definition) is 0. The van der Waals surface area contributed by atoms with Gasteiger partial charge in [0.25, 0.3) is 0 Å². The van der Waals surface area contributed by atoms with E-state index in [1.54, 1.807) is 0 Å².